The average molecular weight is 232 g/mol. The van der Waals surface area contributed by atoms with E-state index < -0.39 is 0 Å². The van der Waals surface area contributed by atoms with E-state index in [2.05, 4.69) is 25.7 Å². The number of pyridine rings is 1. The Labute approximate surface area is 97.4 Å². The Balaban J connectivity index is 2.04. The summed E-state index contributed by atoms with van der Waals surface area (Å²) in [4.78, 5) is 22.7. The molecule has 2 heterocycles. The molecule has 0 aliphatic heterocycles. The van der Waals surface area contributed by atoms with Gasteiger partial charge in [-0.05, 0) is 12.1 Å². The Bertz CT molecular complexity index is 495. The second-order valence-corrected chi connectivity index (χ2v) is 3.26. The first kappa shape index (κ1) is 11.1. The molecule has 0 bridgehead atoms. The Kier molecular flexibility index (Phi) is 3.31. The third-order valence-electron chi connectivity index (χ3n) is 2.16. The lowest BCUT2D eigenvalue weighted by atomic mass is 10.2. The summed E-state index contributed by atoms with van der Waals surface area (Å²) in [6.45, 7) is 0.324. The number of nitrogen functional groups attached to an aromatic ring is 1. The fourth-order valence-electron chi connectivity index (χ4n) is 1.36. The van der Waals surface area contributed by atoms with Crippen molar-refractivity contribution >= 4 is 11.7 Å². The lowest BCUT2D eigenvalue weighted by Gasteiger charge is -2.07. The van der Waals surface area contributed by atoms with Crippen molar-refractivity contribution in [3.05, 3.63) is 42.1 Å². The molecule has 17 heavy (non-hydrogen) atoms. The van der Waals surface area contributed by atoms with Gasteiger partial charge in [0.25, 0.3) is 5.91 Å². The van der Waals surface area contributed by atoms with Crippen molar-refractivity contribution in [2.24, 2.45) is 5.84 Å². The van der Waals surface area contributed by atoms with Crippen LogP contribution in [0.3, 0.4) is 0 Å². The number of H-pyrrole nitrogens is 1. The lowest BCUT2D eigenvalue weighted by molar-refractivity contribution is 0.0950. The number of aromatic nitrogens is 3. The first-order valence-corrected chi connectivity index (χ1v) is 4.99. The maximum atomic E-state index is 11.8. The van der Waals surface area contributed by atoms with Crippen molar-refractivity contribution in [3.8, 4) is 0 Å². The van der Waals surface area contributed by atoms with Crippen LogP contribution in [0, 0.1) is 0 Å². The van der Waals surface area contributed by atoms with Crippen molar-refractivity contribution in [1.29, 1.82) is 0 Å². The highest BCUT2D eigenvalue weighted by molar-refractivity contribution is 5.98. The number of rotatable bonds is 4. The highest BCUT2D eigenvalue weighted by atomic mass is 16.1. The smallest absolute Gasteiger partial charge is 0.255 e. The monoisotopic (exact) mass is 232 g/mol. The second-order valence-electron chi connectivity index (χ2n) is 3.26. The SMILES string of the molecule is NNc1ncccc1C(=O)NCc1ncc[nH]1. The molecule has 88 valence electrons. The van der Waals surface area contributed by atoms with E-state index in [1.807, 2.05) is 0 Å². The number of amides is 1. The lowest BCUT2D eigenvalue weighted by Crippen LogP contribution is -2.25. The van der Waals surface area contributed by atoms with Crippen LogP contribution in [-0.2, 0) is 6.54 Å². The molecule has 0 unspecified atom stereocenters. The number of hydrogen-bond acceptors (Lipinski definition) is 5. The number of aromatic amines is 1. The van der Waals surface area contributed by atoms with Gasteiger partial charge in [0, 0.05) is 18.6 Å². The zero-order valence-electron chi connectivity index (χ0n) is 8.97. The quantitative estimate of drug-likeness (QED) is 0.439. The molecule has 0 aliphatic rings. The van der Waals surface area contributed by atoms with Crippen LogP contribution in [0.25, 0.3) is 0 Å². The molecule has 0 fully saturated rings. The highest BCUT2D eigenvalue weighted by Crippen LogP contribution is 2.09. The van der Waals surface area contributed by atoms with E-state index in [4.69, 9.17) is 5.84 Å². The number of anilines is 1. The van der Waals surface area contributed by atoms with Gasteiger partial charge < -0.3 is 15.7 Å². The fraction of sp³-hybridized carbons (Fsp3) is 0.100. The number of nitrogens with one attached hydrogen (secondary N) is 3. The molecule has 7 heteroatoms. The minimum absolute atomic E-state index is 0.262. The molecule has 0 aliphatic carbocycles. The van der Waals surface area contributed by atoms with Gasteiger partial charge in [-0.2, -0.15) is 0 Å². The molecule has 0 atom stereocenters. The van der Waals surface area contributed by atoms with E-state index in [0.29, 0.717) is 23.8 Å². The standard InChI is InChI=1S/C10H12N6O/c11-16-9-7(2-1-3-14-9)10(17)15-6-8-12-4-5-13-8/h1-5H,6,11H2,(H,12,13)(H,14,16)(H,15,17). The Morgan fingerprint density at radius 2 is 2.29 bits per heavy atom. The molecule has 7 nitrogen and oxygen atoms in total. The zero-order valence-corrected chi connectivity index (χ0v) is 8.97. The Morgan fingerprint density at radius 1 is 1.41 bits per heavy atom. The number of carbonyl (C=O) groups is 1. The van der Waals surface area contributed by atoms with Gasteiger partial charge >= 0.3 is 0 Å². The summed E-state index contributed by atoms with van der Waals surface area (Å²) in [6.07, 6.45) is 4.87. The molecule has 0 saturated heterocycles. The average Bonchev–Trinajstić information content (AvgIpc) is 2.89. The highest BCUT2D eigenvalue weighted by Gasteiger charge is 2.11. The van der Waals surface area contributed by atoms with E-state index in [-0.39, 0.29) is 5.91 Å². The van der Waals surface area contributed by atoms with Gasteiger partial charge in [-0.15, -0.1) is 0 Å². The zero-order chi connectivity index (χ0) is 12.1. The molecule has 5 N–H and O–H groups in total. The Morgan fingerprint density at radius 3 is 3.00 bits per heavy atom. The first-order chi connectivity index (χ1) is 8.31. The maximum Gasteiger partial charge on any atom is 0.255 e. The summed E-state index contributed by atoms with van der Waals surface area (Å²) in [5, 5.41) is 2.71. The topological polar surface area (TPSA) is 109 Å². The number of carbonyl (C=O) groups excluding carboxylic acids is 1. The molecule has 0 aromatic carbocycles. The minimum Gasteiger partial charge on any atom is -0.347 e. The molecule has 0 radical (unpaired) electrons. The number of imidazole rings is 1. The largest absolute Gasteiger partial charge is 0.347 e. The van der Waals surface area contributed by atoms with Crippen LogP contribution in [0.1, 0.15) is 16.2 Å². The molecule has 2 aromatic rings. The molecule has 0 spiro atoms. The summed E-state index contributed by atoms with van der Waals surface area (Å²) >= 11 is 0. The van der Waals surface area contributed by atoms with E-state index >= 15 is 0 Å². The number of nitrogens with zero attached hydrogens (tertiary/aromatic N) is 2. The Hall–Kier alpha value is -2.41. The van der Waals surface area contributed by atoms with Crippen LogP contribution < -0.4 is 16.6 Å². The van der Waals surface area contributed by atoms with Gasteiger partial charge in [-0.3, -0.25) is 4.79 Å². The van der Waals surface area contributed by atoms with E-state index in [9.17, 15) is 4.79 Å². The number of hydrogen-bond donors (Lipinski definition) is 4. The van der Waals surface area contributed by atoms with Crippen molar-refractivity contribution < 1.29 is 4.79 Å². The summed E-state index contributed by atoms with van der Waals surface area (Å²) in [5.41, 5.74) is 2.76. The predicted octanol–water partition coefficient (Wildman–Crippen LogP) is 0.0203. The summed E-state index contributed by atoms with van der Waals surface area (Å²) in [7, 11) is 0. The van der Waals surface area contributed by atoms with Crippen LogP contribution in [0.5, 0.6) is 0 Å². The third kappa shape index (κ3) is 2.58. The van der Waals surface area contributed by atoms with Crippen molar-refractivity contribution in [1.82, 2.24) is 20.3 Å². The van der Waals surface area contributed by atoms with Crippen LogP contribution in [-0.4, -0.2) is 20.9 Å². The van der Waals surface area contributed by atoms with Gasteiger partial charge in [0.05, 0.1) is 12.1 Å². The van der Waals surface area contributed by atoms with E-state index in [1.54, 1.807) is 30.7 Å². The van der Waals surface area contributed by atoms with E-state index in [0.717, 1.165) is 0 Å². The van der Waals surface area contributed by atoms with Crippen LogP contribution in [0.15, 0.2) is 30.7 Å². The van der Waals surface area contributed by atoms with Crippen molar-refractivity contribution in [3.63, 3.8) is 0 Å². The molecule has 2 rings (SSSR count). The van der Waals surface area contributed by atoms with Crippen LogP contribution in [0.2, 0.25) is 0 Å². The van der Waals surface area contributed by atoms with Gasteiger partial charge in [0.2, 0.25) is 0 Å². The fourth-order valence-corrected chi connectivity index (χ4v) is 1.36. The number of nitrogens with two attached hydrogens (primary N) is 1. The van der Waals surface area contributed by atoms with Gasteiger partial charge in [-0.1, -0.05) is 0 Å². The number of hydrazine groups is 1. The normalized spacial score (nSPS) is 9.94. The molecule has 2 aromatic heterocycles. The second kappa shape index (κ2) is 5.08. The maximum absolute atomic E-state index is 11.8. The van der Waals surface area contributed by atoms with Crippen LogP contribution >= 0.6 is 0 Å². The summed E-state index contributed by atoms with van der Waals surface area (Å²) < 4.78 is 0. The van der Waals surface area contributed by atoms with Crippen molar-refractivity contribution in [2.45, 2.75) is 6.54 Å². The van der Waals surface area contributed by atoms with Crippen LogP contribution in [0.4, 0.5) is 5.82 Å². The summed E-state index contributed by atoms with van der Waals surface area (Å²) in [6, 6.07) is 3.31. The van der Waals surface area contributed by atoms with Gasteiger partial charge in [0.15, 0.2) is 5.82 Å². The molecular formula is C10H12N6O. The molecule has 0 saturated carbocycles. The van der Waals surface area contributed by atoms with E-state index in [1.165, 1.54) is 0 Å². The predicted molar refractivity (Wildman–Crippen MR) is 61.8 cm³/mol. The minimum atomic E-state index is -0.262. The summed E-state index contributed by atoms with van der Waals surface area (Å²) in [5.74, 6) is 6.03. The molecule has 1 amide bonds. The first-order valence-electron chi connectivity index (χ1n) is 4.99. The third-order valence-corrected chi connectivity index (χ3v) is 2.16. The van der Waals surface area contributed by atoms with Gasteiger partial charge in [-0.25, -0.2) is 15.8 Å². The molecular weight excluding hydrogens is 220 g/mol. The van der Waals surface area contributed by atoms with Crippen molar-refractivity contribution in [2.75, 3.05) is 5.43 Å². The van der Waals surface area contributed by atoms with Gasteiger partial charge in [0.1, 0.15) is 5.82 Å².